The number of halogens is 2. The zero-order valence-corrected chi connectivity index (χ0v) is 10.9. The highest BCUT2D eigenvalue weighted by Crippen LogP contribution is 2.31. The molecular formula is C12H11Cl2OP. The first-order chi connectivity index (χ1) is 7.70. The molecule has 0 radical (unpaired) electrons. The first-order valence-corrected chi connectivity index (χ1v) is 8.09. The second kappa shape index (κ2) is 7.51. The Bertz CT molecular complexity index is 390. The molecule has 0 atom stereocenters. The Morgan fingerprint density at radius 3 is 1.19 bits per heavy atom. The predicted molar refractivity (Wildman–Crippen MR) is 72.6 cm³/mol. The van der Waals surface area contributed by atoms with Crippen LogP contribution < -0.4 is 0 Å². The summed E-state index contributed by atoms with van der Waals surface area (Å²) in [7, 11) is 0. The van der Waals surface area contributed by atoms with Gasteiger partial charge in [0.2, 0.25) is 6.51 Å². The lowest BCUT2D eigenvalue weighted by Gasteiger charge is -1.98. The van der Waals surface area contributed by atoms with Crippen LogP contribution >= 0.6 is 29.0 Å². The Labute approximate surface area is 105 Å². The van der Waals surface area contributed by atoms with Crippen LogP contribution in [0.1, 0.15) is 0 Å². The van der Waals surface area contributed by atoms with Crippen molar-refractivity contribution in [2.45, 2.75) is 0 Å². The molecule has 16 heavy (non-hydrogen) atoms. The van der Waals surface area contributed by atoms with Crippen LogP contribution in [0.25, 0.3) is 11.1 Å². The Kier molecular flexibility index (Phi) is 6.25. The van der Waals surface area contributed by atoms with Gasteiger partial charge in [-0.15, -0.1) is 0 Å². The standard InChI is InChI=1S/C12H10.Cl2HOP/c1-3-7-11(8-4-1)12-9-5-2-6-10-12;1-4(2)3/h1-10H;4H. The van der Waals surface area contributed by atoms with Gasteiger partial charge in [-0.1, -0.05) is 60.7 Å². The second-order valence-corrected chi connectivity index (χ2v) is 6.05. The minimum absolute atomic E-state index is 1.28. The Morgan fingerprint density at radius 2 is 0.938 bits per heavy atom. The zero-order valence-electron chi connectivity index (χ0n) is 8.44. The highest BCUT2D eigenvalue weighted by molar-refractivity contribution is 7.95. The third kappa shape index (κ3) is 5.37. The fourth-order valence-corrected chi connectivity index (χ4v) is 1.26. The quantitative estimate of drug-likeness (QED) is 0.652. The second-order valence-electron chi connectivity index (χ2n) is 2.96. The van der Waals surface area contributed by atoms with E-state index in [9.17, 15) is 0 Å². The SMILES string of the molecule is O=[PH](Cl)Cl.c1ccc(-c2ccccc2)cc1. The van der Waals surface area contributed by atoms with E-state index >= 15 is 0 Å². The van der Waals surface area contributed by atoms with Gasteiger partial charge in [0.25, 0.3) is 0 Å². The Hall–Kier alpha value is -0.750. The lowest BCUT2D eigenvalue weighted by molar-refractivity contribution is 0.602. The smallest absolute Gasteiger partial charge is 0.241 e. The van der Waals surface area contributed by atoms with E-state index in [1.165, 1.54) is 11.1 Å². The number of benzene rings is 2. The van der Waals surface area contributed by atoms with Crippen molar-refractivity contribution in [1.29, 1.82) is 0 Å². The van der Waals surface area contributed by atoms with Gasteiger partial charge in [-0.2, -0.15) is 0 Å². The molecule has 0 heterocycles. The first kappa shape index (κ1) is 13.3. The van der Waals surface area contributed by atoms with Crippen LogP contribution in [-0.2, 0) is 4.57 Å². The number of hydrogen-bond acceptors (Lipinski definition) is 1. The van der Waals surface area contributed by atoms with Gasteiger partial charge < -0.3 is 0 Å². The summed E-state index contributed by atoms with van der Waals surface area (Å²) in [6, 6.07) is 20.8. The van der Waals surface area contributed by atoms with Crippen molar-refractivity contribution in [3.8, 4) is 11.1 Å². The molecule has 0 saturated heterocycles. The van der Waals surface area contributed by atoms with Gasteiger partial charge >= 0.3 is 0 Å². The van der Waals surface area contributed by atoms with Crippen LogP contribution in [-0.4, -0.2) is 0 Å². The summed E-state index contributed by atoms with van der Waals surface area (Å²) in [5.41, 5.74) is 2.55. The monoisotopic (exact) mass is 272 g/mol. The summed E-state index contributed by atoms with van der Waals surface area (Å²) in [4.78, 5) is 0. The summed E-state index contributed by atoms with van der Waals surface area (Å²) >= 11 is 9.17. The third-order valence-electron chi connectivity index (χ3n) is 1.88. The lowest BCUT2D eigenvalue weighted by atomic mass is 10.1. The minimum Gasteiger partial charge on any atom is -0.293 e. The normalized spacial score (nSPS) is 9.44. The van der Waals surface area contributed by atoms with E-state index in [2.05, 4.69) is 71.0 Å². The molecule has 1 nitrogen and oxygen atoms in total. The van der Waals surface area contributed by atoms with Crippen molar-refractivity contribution < 1.29 is 4.57 Å². The van der Waals surface area contributed by atoms with Gasteiger partial charge in [0.05, 0.1) is 0 Å². The van der Waals surface area contributed by atoms with Gasteiger partial charge in [-0.3, -0.25) is 4.57 Å². The first-order valence-electron chi connectivity index (χ1n) is 4.65. The zero-order chi connectivity index (χ0) is 11.8. The molecule has 0 aliphatic heterocycles. The molecule has 2 aromatic rings. The van der Waals surface area contributed by atoms with Crippen LogP contribution in [0.2, 0.25) is 0 Å². The van der Waals surface area contributed by atoms with E-state index in [0.29, 0.717) is 0 Å². The molecule has 0 unspecified atom stereocenters. The van der Waals surface area contributed by atoms with E-state index in [4.69, 9.17) is 4.57 Å². The molecule has 0 aromatic heterocycles. The molecule has 2 aromatic carbocycles. The molecule has 84 valence electrons. The molecule has 0 amide bonds. The lowest BCUT2D eigenvalue weighted by Crippen LogP contribution is -1.73. The average molecular weight is 273 g/mol. The summed E-state index contributed by atoms with van der Waals surface area (Å²) < 4.78 is 9.16. The van der Waals surface area contributed by atoms with Crippen LogP contribution in [0.3, 0.4) is 0 Å². The van der Waals surface area contributed by atoms with E-state index in [-0.39, 0.29) is 0 Å². The number of rotatable bonds is 1. The van der Waals surface area contributed by atoms with E-state index in [1.807, 2.05) is 12.1 Å². The molecule has 0 N–H and O–H groups in total. The summed E-state index contributed by atoms with van der Waals surface area (Å²) in [5.74, 6) is 0. The minimum atomic E-state index is -2.19. The number of hydrogen-bond donors (Lipinski definition) is 0. The van der Waals surface area contributed by atoms with Gasteiger partial charge in [-0.05, 0) is 33.6 Å². The van der Waals surface area contributed by atoms with Crippen molar-refractivity contribution in [3.05, 3.63) is 60.7 Å². The molecule has 0 aliphatic rings. The maximum Gasteiger partial charge on any atom is 0.241 e. The van der Waals surface area contributed by atoms with Gasteiger partial charge in [0.1, 0.15) is 0 Å². The molecule has 0 fully saturated rings. The van der Waals surface area contributed by atoms with Crippen molar-refractivity contribution in [2.24, 2.45) is 0 Å². The van der Waals surface area contributed by atoms with E-state index in [0.717, 1.165) is 0 Å². The largest absolute Gasteiger partial charge is 0.293 e. The van der Waals surface area contributed by atoms with Gasteiger partial charge in [0.15, 0.2) is 0 Å². The van der Waals surface area contributed by atoms with E-state index in [1.54, 1.807) is 0 Å². The maximum atomic E-state index is 9.16. The summed E-state index contributed by atoms with van der Waals surface area (Å²) in [5, 5.41) is 0. The van der Waals surface area contributed by atoms with Crippen LogP contribution in [0, 0.1) is 0 Å². The molecule has 0 spiro atoms. The molecule has 0 aliphatic carbocycles. The van der Waals surface area contributed by atoms with Gasteiger partial charge in [-0.25, -0.2) is 0 Å². The Morgan fingerprint density at radius 1 is 0.688 bits per heavy atom. The molecule has 0 bridgehead atoms. The van der Waals surface area contributed by atoms with Crippen LogP contribution in [0.15, 0.2) is 60.7 Å². The summed E-state index contributed by atoms with van der Waals surface area (Å²) in [6.45, 7) is -2.19. The van der Waals surface area contributed by atoms with Crippen molar-refractivity contribution in [3.63, 3.8) is 0 Å². The summed E-state index contributed by atoms with van der Waals surface area (Å²) in [6.07, 6.45) is 0. The van der Waals surface area contributed by atoms with Crippen molar-refractivity contribution in [2.75, 3.05) is 0 Å². The highest BCUT2D eigenvalue weighted by atomic mass is 35.9. The van der Waals surface area contributed by atoms with E-state index < -0.39 is 6.51 Å². The fraction of sp³-hybridized carbons (Fsp3) is 0. The predicted octanol–water partition coefficient (Wildman–Crippen LogP) is 5.21. The van der Waals surface area contributed by atoms with Gasteiger partial charge in [0, 0.05) is 0 Å². The Balaban J connectivity index is 0.000000280. The fourth-order valence-electron chi connectivity index (χ4n) is 1.26. The van der Waals surface area contributed by atoms with Crippen molar-refractivity contribution in [1.82, 2.24) is 0 Å². The van der Waals surface area contributed by atoms with Crippen LogP contribution in [0.4, 0.5) is 0 Å². The molecule has 4 heteroatoms. The third-order valence-corrected chi connectivity index (χ3v) is 1.88. The average Bonchev–Trinajstić information content (AvgIpc) is 2.31. The van der Waals surface area contributed by atoms with Crippen molar-refractivity contribution >= 4 is 29.0 Å². The topological polar surface area (TPSA) is 17.1 Å². The molecular weight excluding hydrogens is 262 g/mol. The maximum absolute atomic E-state index is 9.16. The molecule has 2 rings (SSSR count). The highest BCUT2D eigenvalue weighted by Gasteiger charge is 1.91. The molecule has 0 saturated carbocycles. The van der Waals surface area contributed by atoms with Crippen LogP contribution in [0.5, 0.6) is 0 Å².